The highest BCUT2D eigenvalue weighted by molar-refractivity contribution is 5.73. The fourth-order valence-corrected chi connectivity index (χ4v) is 2.83. The fraction of sp³-hybridized carbons (Fsp3) is 0.381. The fourth-order valence-electron chi connectivity index (χ4n) is 2.83. The summed E-state index contributed by atoms with van der Waals surface area (Å²) in [4.78, 5) is 21.6. The normalized spacial score (nSPS) is 14.9. The molecule has 0 bridgehead atoms. The molecule has 0 saturated carbocycles. The van der Waals surface area contributed by atoms with Crippen molar-refractivity contribution in [2.45, 2.75) is 39.0 Å². The summed E-state index contributed by atoms with van der Waals surface area (Å²) in [6.07, 6.45) is 0.148. The Bertz CT molecular complexity index is 935. The van der Waals surface area contributed by atoms with Gasteiger partial charge in [-0.3, -0.25) is 4.98 Å². The van der Waals surface area contributed by atoms with Crippen molar-refractivity contribution in [3.63, 3.8) is 0 Å². The van der Waals surface area contributed by atoms with Crippen LogP contribution in [0.15, 0.2) is 42.7 Å². The van der Waals surface area contributed by atoms with Crippen molar-refractivity contribution in [1.82, 2.24) is 14.9 Å². The Morgan fingerprint density at radius 3 is 2.47 bits per heavy atom. The van der Waals surface area contributed by atoms with Gasteiger partial charge in [-0.05, 0) is 57.0 Å². The van der Waals surface area contributed by atoms with Crippen molar-refractivity contribution in [3.05, 3.63) is 54.1 Å². The molecule has 30 heavy (non-hydrogen) atoms. The molecule has 0 unspecified atom stereocenters. The smallest absolute Gasteiger partial charge is 0.433 e. The van der Waals surface area contributed by atoms with Crippen LogP contribution in [-0.4, -0.2) is 39.7 Å². The number of pyridine rings is 2. The summed E-state index contributed by atoms with van der Waals surface area (Å²) in [5.41, 5.74) is -0.108. The maximum absolute atomic E-state index is 12.7. The Balaban J connectivity index is 1.74. The molecule has 3 heterocycles. The number of ether oxygens (including phenoxy) is 2. The minimum absolute atomic E-state index is 0.170. The van der Waals surface area contributed by atoms with Crippen LogP contribution in [0.4, 0.5) is 18.0 Å². The monoisotopic (exact) mass is 421 g/mol. The van der Waals surface area contributed by atoms with Crippen LogP contribution in [0.1, 0.15) is 38.6 Å². The van der Waals surface area contributed by atoms with Gasteiger partial charge in [-0.15, -0.1) is 0 Å². The van der Waals surface area contributed by atoms with Crippen molar-refractivity contribution in [2.24, 2.45) is 0 Å². The third kappa shape index (κ3) is 5.49. The van der Waals surface area contributed by atoms with E-state index in [1.54, 1.807) is 23.2 Å². The predicted octanol–water partition coefficient (Wildman–Crippen LogP) is 5.31. The number of hydrogen-bond donors (Lipinski definition) is 0. The average Bonchev–Trinajstić information content (AvgIpc) is 2.67. The minimum Gasteiger partial charge on any atom is -0.453 e. The number of rotatable bonds is 3. The molecule has 0 spiro atoms. The topological polar surface area (TPSA) is 64.5 Å². The molecule has 1 aliphatic heterocycles. The molecule has 1 aliphatic rings. The Morgan fingerprint density at radius 2 is 1.90 bits per heavy atom. The highest BCUT2D eigenvalue weighted by Gasteiger charge is 2.32. The van der Waals surface area contributed by atoms with E-state index in [1.807, 2.05) is 26.8 Å². The summed E-state index contributed by atoms with van der Waals surface area (Å²) >= 11 is 0. The highest BCUT2D eigenvalue weighted by Crippen LogP contribution is 2.33. The van der Waals surface area contributed by atoms with E-state index in [0.29, 0.717) is 31.0 Å². The Kier molecular flexibility index (Phi) is 6.00. The Hall–Kier alpha value is -3.10. The van der Waals surface area contributed by atoms with E-state index in [4.69, 9.17) is 9.47 Å². The van der Waals surface area contributed by atoms with Crippen molar-refractivity contribution in [2.75, 3.05) is 13.1 Å². The van der Waals surface area contributed by atoms with E-state index in [9.17, 15) is 18.0 Å². The Morgan fingerprint density at radius 1 is 1.13 bits per heavy atom. The van der Waals surface area contributed by atoms with Gasteiger partial charge in [0.1, 0.15) is 22.7 Å². The van der Waals surface area contributed by atoms with Crippen molar-refractivity contribution < 1.29 is 27.4 Å². The van der Waals surface area contributed by atoms with Crippen LogP contribution in [0.25, 0.3) is 5.57 Å². The SMILES string of the molecule is CC(C)(C)OC(=O)N1CC=C(c2ncccc2Oc2ccc(C(F)(F)F)nc2)CC1. The van der Waals surface area contributed by atoms with Crippen molar-refractivity contribution in [1.29, 1.82) is 0 Å². The molecule has 0 fully saturated rings. The molecule has 0 saturated heterocycles. The zero-order chi connectivity index (χ0) is 21.9. The highest BCUT2D eigenvalue weighted by atomic mass is 19.4. The maximum Gasteiger partial charge on any atom is 0.433 e. The second-order valence-electron chi connectivity index (χ2n) is 7.73. The van der Waals surface area contributed by atoms with E-state index < -0.39 is 17.5 Å². The van der Waals surface area contributed by atoms with E-state index in [2.05, 4.69) is 9.97 Å². The van der Waals surface area contributed by atoms with Gasteiger partial charge in [0.2, 0.25) is 0 Å². The van der Waals surface area contributed by atoms with Gasteiger partial charge in [0.05, 0.1) is 6.20 Å². The first-order valence-electron chi connectivity index (χ1n) is 9.36. The summed E-state index contributed by atoms with van der Waals surface area (Å²) in [5.74, 6) is 0.570. The number of carbonyl (C=O) groups is 1. The summed E-state index contributed by atoms with van der Waals surface area (Å²) in [6.45, 7) is 6.25. The number of hydrogen-bond acceptors (Lipinski definition) is 5. The number of halogens is 3. The molecule has 2 aromatic rings. The quantitative estimate of drug-likeness (QED) is 0.672. The number of amides is 1. The van der Waals surface area contributed by atoms with E-state index in [0.717, 1.165) is 17.8 Å². The molecule has 2 aromatic heterocycles. The number of aromatic nitrogens is 2. The van der Waals surface area contributed by atoms with Crippen LogP contribution in [0, 0.1) is 0 Å². The van der Waals surface area contributed by atoms with E-state index in [1.165, 1.54) is 6.07 Å². The van der Waals surface area contributed by atoms with Gasteiger partial charge in [-0.1, -0.05) is 6.08 Å². The maximum atomic E-state index is 12.7. The number of carbonyl (C=O) groups excluding carboxylic acids is 1. The average molecular weight is 421 g/mol. The zero-order valence-corrected chi connectivity index (χ0v) is 16.9. The third-order valence-electron chi connectivity index (χ3n) is 4.19. The molecular formula is C21H22F3N3O3. The second kappa shape index (κ2) is 8.33. The lowest BCUT2D eigenvalue weighted by Gasteiger charge is -2.29. The summed E-state index contributed by atoms with van der Waals surface area (Å²) in [5, 5.41) is 0. The second-order valence-corrected chi connectivity index (χ2v) is 7.73. The third-order valence-corrected chi connectivity index (χ3v) is 4.19. The predicted molar refractivity (Wildman–Crippen MR) is 104 cm³/mol. The van der Waals surface area contributed by atoms with Crippen LogP contribution in [0.2, 0.25) is 0 Å². The first kappa shape index (κ1) is 21.6. The van der Waals surface area contributed by atoms with Gasteiger partial charge in [0, 0.05) is 19.3 Å². The molecule has 0 N–H and O–H groups in total. The molecular weight excluding hydrogens is 399 g/mol. The molecule has 0 aromatic carbocycles. The molecule has 6 nitrogen and oxygen atoms in total. The minimum atomic E-state index is -4.51. The molecule has 160 valence electrons. The lowest BCUT2D eigenvalue weighted by molar-refractivity contribution is -0.141. The Labute approximate surface area is 172 Å². The molecule has 3 rings (SSSR count). The van der Waals surface area contributed by atoms with Crippen LogP contribution in [0.3, 0.4) is 0 Å². The van der Waals surface area contributed by atoms with Crippen molar-refractivity contribution in [3.8, 4) is 11.5 Å². The first-order chi connectivity index (χ1) is 14.0. The lowest BCUT2D eigenvalue weighted by Crippen LogP contribution is -2.39. The molecule has 0 atom stereocenters. The number of alkyl halides is 3. The van der Waals surface area contributed by atoms with Gasteiger partial charge < -0.3 is 14.4 Å². The largest absolute Gasteiger partial charge is 0.453 e. The van der Waals surface area contributed by atoms with E-state index in [-0.39, 0.29) is 11.8 Å². The molecule has 9 heteroatoms. The standard InChI is InChI=1S/C21H22F3N3O3/c1-20(2,3)30-19(28)27-11-8-14(9-12-27)18-16(5-4-10-25-18)29-15-6-7-17(26-13-15)21(22,23)24/h4-8,10,13H,9,11-12H2,1-3H3. The van der Waals surface area contributed by atoms with Gasteiger partial charge in [0.15, 0.2) is 5.75 Å². The number of nitrogens with zero attached hydrogens (tertiary/aromatic N) is 3. The molecule has 0 aliphatic carbocycles. The zero-order valence-electron chi connectivity index (χ0n) is 16.9. The van der Waals surface area contributed by atoms with Crippen molar-refractivity contribution >= 4 is 11.7 Å². The van der Waals surface area contributed by atoms with Crippen LogP contribution in [-0.2, 0) is 10.9 Å². The molecule has 1 amide bonds. The van der Waals surface area contributed by atoms with Gasteiger partial charge >= 0.3 is 12.3 Å². The van der Waals surface area contributed by atoms with Gasteiger partial charge in [-0.25, -0.2) is 9.78 Å². The lowest BCUT2D eigenvalue weighted by atomic mass is 10.0. The van der Waals surface area contributed by atoms with E-state index >= 15 is 0 Å². The van der Waals surface area contributed by atoms with Crippen LogP contribution in [0.5, 0.6) is 11.5 Å². The van der Waals surface area contributed by atoms with Gasteiger partial charge in [-0.2, -0.15) is 13.2 Å². The van der Waals surface area contributed by atoms with Crippen LogP contribution >= 0.6 is 0 Å². The van der Waals surface area contributed by atoms with Crippen LogP contribution < -0.4 is 4.74 Å². The molecule has 0 radical (unpaired) electrons. The summed E-state index contributed by atoms with van der Waals surface area (Å²) < 4.78 is 49.1. The van der Waals surface area contributed by atoms with Gasteiger partial charge in [0.25, 0.3) is 0 Å². The first-order valence-corrected chi connectivity index (χ1v) is 9.36. The summed E-state index contributed by atoms with van der Waals surface area (Å²) in [6, 6.07) is 5.43. The summed E-state index contributed by atoms with van der Waals surface area (Å²) in [7, 11) is 0.